The van der Waals surface area contributed by atoms with Crippen LogP contribution in [-0.2, 0) is 6.42 Å². The maximum atomic E-state index is 5.90. The molecule has 1 aromatic rings. The average Bonchev–Trinajstić information content (AvgIpc) is 2.42. The minimum atomic E-state index is 0.237. The average molecular weight is 277 g/mol. The van der Waals surface area contributed by atoms with Gasteiger partial charge in [-0.2, -0.15) is 0 Å². The van der Waals surface area contributed by atoms with Crippen molar-refractivity contribution in [3.05, 3.63) is 29.8 Å². The number of aryl methyl sites for hydroxylation is 1. The Bertz CT molecular complexity index is 362. The van der Waals surface area contributed by atoms with Crippen LogP contribution in [0.1, 0.15) is 58.9 Å². The van der Waals surface area contributed by atoms with Gasteiger partial charge in [0.05, 0.1) is 6.10 Å². The standard InChI is InChI=1S/C18H31NO/c1-5-9-17(19-14-6-2)13-12-16-10-7-8-11-18(16)20-15(3)4/h7-8,10-11,15,17,19H,5-6,9,12-14H2,1-4H3. The second-order valence-electron chi connectivity index (χ2n) is 5.75. The third-order valence-electron chi connectivity index (χ3n) is 3.42. The van der Waals surface area contributed by atoms with Crippen LogP contribution in [0.4, 0.5) is 0 Å². The first-order valence-electron chi connectivity index (χ1n) is 8.15. The van der Waals surface area contributed by atoms with Crippen LogP contribution >= 0.6 is 0 Å². The number of rotatable bonds is 10. The first kappa shape index (κ1) is 17.0. The van der Waals surface area contributed by atoms with Crippen LogP contribution in [-0.4, -0.2) is 18.7 Å². The molecule has 0 fully saturated rings. The van der Waals surface area contributed by atoms with Crippen molar-refractivity contribution in [3.63, 3.8) is 0 Å². The van der Waals surface area contributed by atoms with Gasteiger partial charge in [0.15, 0.2) is 0 Å². The van der Waals surface area contributed by atoms with Gasteiger partial charge in [-0.1, -0.05) is 38.5 Å². The Hall–Kier alpha value is -1.02. The van der Waals surface area contributed by atoms with Gasteiger partial charge >= 0.3 is 0 Å². The summed E-state index contributed by atoms with van der Waals surface area (Å²) in [5, 5.41) is 3.66. The molecule has 0 heterocycles. The zero-order valence-corrected chi connectivity index (χ0v) is 13.6. The Morgan fingerprint density at radius 3 is 2.45 bits per heavy atom. The summed E-state index contributed by atoms with van der Waals surface area (Å²) in [5.74, 6) is 1.05. The highest BCUT2D eigenvalue weighted by Crippen LogP contribution is 2.22. The summed E-state index contributed by atoms with van der Waals surface area (Å²) in [6.45, 7) is 9.77. The lowest BCUT2D eigenvalue weighted by molar-refractivity contribution is 0.239. The van der Waals surface area contributed by atoms with Crippen molar-refractivity contribution in [1.29, 1.82) is 0 Å². The van der Waals surface area contributed by atoms with E-state index in [1.54, 1.807) is 0 Å². The molecule has 0 aromatic heterocycles. The zero-order chi connectivity index (χ0) is 14.8. The first-order valence-corrected chi connectivity index (χ1v) is 8.15. The SMILES string of the molecule is CCCNC(CCC)CCc1ccccc1OC(C)C. The molecule has 0 aliphatic heterocycles. The molecule has 1 atom stereocenters. The minimum absolute atomic E-state index is 0.237. The predicted molar refractivity (Wildman–Crippen MR) is 87.5 cm³/mol. The second-order valence-corrected chi connectivity index (χ2v) is 5.75. The fourth-order valence-electron chi connectivity index (χ4n) is 2.45. The van der Waals surface area contributed by atoms with Gasteiger partial charge < -0.3 is 10.1 Å². The smallest absolute Gasteiger partial charge is 0.122 e. The lowest BCUT2D eigenvalue weighted by atomic mass is 10.0. The fourth-order valence-corrected chi connectivity index (χ4v) is 2.45. The largest absolute Gasteiger partial charge is 0.491 e. The summed E-state index contributed by atoms with van der Waals surface area (Å²) in [5.41, 5.74) is 1.33. The lowest BCUT2D eigenvalue weighted by Crippen LogP contribution is -2.30. The maximum absolute atomic E-state index is 5.90. The molecule has 114 valence electrons. The summed E-state index contributed by atoms with van der Waals surface area (Å²) in [7, 11) is 0. The van der Waals surface area contributed by atoms with E-state index < -0.39 is 0 Å². The van der Waals surface area contributed by atoms with Gasteiger partial charge in [0.25, 0.3) is 0 Å². The molecule has 1 aromatic carbocycles. The molecule has 0 bridgehead atoms. The van der Waals surface area contributed by atoms with Crippen molar-refractivity contribution in [1.82, 2.24) is 5.32 Å². The van der Waals surface area contributed by atoms with Gasteiger partial charge in [-0.15, -0.1) is 0 Å². The van der Waals surface area contributed by atoms with Crippen LogP contribution in [0.5, 0.6) is 5.75 Å². The molecule has 0 amide bonds. The van der Waals surface area contributed by atoms with E-state index in [0.29, 0.717) is 6.04 Å². The van der Waals surface area contributed by atoms with E-state index in [0.717, 1.165) is 18.7 Å². The summed E-state index contributed by atoms with van der Waals surface area (Å²) in [4.78, 5) is 0. The van der Waals surface area contributed by atoms with E-state index >= 15 is 0 Å². The van der Waals surface area contributed by atoms with Gasteiger partial charge in [0.1, 0.15) is 5.75 Å². The van der Waals surface area contributed by atoms with Crippen molar-refractivity contribution in [3.8, 4) is 5.75 Å². The number of benzene rings is 1. The highest BCUT2D eigenvalue weighted by atomic mass is 16.5. The van der Waals surface area contributed by atoms with E-state index in [-0.39, 0.29) is 6.10 Å². The molecule has 20 heavy (non-hydrogen) atoms. The van der Waals surface area contributed by atoms with Crippen molar-refractivity contribution < 1.29 is 4.74 Å². The van der Waals surface area contributed by atoms with E-state index in [9.17, 15) is 0 Å². The quantitative estimate of drug-likeness (QED) is 0.676. The molecule has 0 radical (unpaired) electrons. The van der Waals surface area contributed by atoms with Crippen molar-refractivity contribution >= 4 is 0 Å². The van der Waals surface area contributed by atoms with E-state index in [1.807, 2.05) is 0 Å². The summed E-state index contributed by atoms with van der Waals surface area (Å²) < 4.78 is 5.90. The fraction of sp³-hybridized carbons (Fsp3) is 0.667. The van der Waals surface area contributed by atoms with E-state index in [2.05, 4.69) is 57.3 Å². The molecule has 0 spiro atoms. The van der Waals surface area contributed by atoms with Gasteiger partial charge in [-0.25, -0.2) is 0 Å². The summed E-state index contributed by atoms with van der Waals surface area (Å²) in [6.07, 6.45) is 6.21. The molecular formula is C18H31NO. The number of ether oxygens (including phenoxy) is 1. The monoisotopic (exact) mass is 277 g/mol. The third kappa shape index (κ3) is 6.42. The summed E-state index contributed by atoms with van der Waals surface area (Å²) >= 11 is 0. The Labute approximate surface area is 124 Å². The molecule has 0 aliphatic rings. The zero-order valence-electron chi connectivity index (χ0n) is 13.6. The van der Waals surface area contributed by atoms with Gasteiger partial charge in [-0.05, 0) is 57.7 Å². The maximum Gasteiger partial charge on any atom is 0.122 e. The molecule has 1 unspecified atom stereocenters. The van der Waals surface area contributed by atoms with E-state index in [1.165, 1.54) is 31.2 Å². The normalized spacial score (nSPS) is 12.7. The highest BCUT2D eigenvalue weighted by Gasteiger charge is 2.10. The van der Waals surface area contributed by atoms with Gasteiger partial charge in [-0.3, -0.25) is 0 Å². The molecule has 1 rings (SSSR count). The number of para-hydroxylation sites is 1. The molecule has 2 heteroatoms. The molecule has 0 saturated carbocycles. The van der Waals surface area contributed by atoms with Crippen molar-refractivity contribution in [2.24, 2.45) is 0 Å². The first-order chi connectivity index (χ1) is 9.67. The predicted octanol–water partition coefficient (Wildman–Crippen LogP) is 4.57. The van der Waals surface area contributed by atoms with Crippen LogP contribution < -0.4 is 10.1 Å². The van der Waals surface area contributed by atoms with Crippen molar-refractivity contribution in [2.45, 2.75) is 71.9 Å². The van der Waals surface area contributed by atoms with Crippen LogP contribution in [0.3, 0.4) is 0 Å². The van der Waals surface area contributed by atoms with Crippen LogP contribution in [0.2, 0.25) is 0 Å². The van der Waals surface area contributed by atoms with Crippen LogP contribution in [0.15, 0.2) is 24.3 Å². The second kappa shape index (κ2) is 9.82. The lowest BCUT2D eigenvalue weighted by Gasteiger charge is -2.19. The van der Waals surface area contributed by atoms with E-state index in [4.69, 9.17) is 4.74 Å². The van der Waals surface area contributed by atoms with Crippen LogP contribution in [0.25, 0.3) is 0 Å². The molecule has 0 aliphatic carbocycles. The summed E-state index contributed by atoms with van der Waals surface area (Å²) in [6, 6.07) is 9.08. The number of nitrogens with one attached hydrogen (secondary N) is 1. The van der Waals surface area contributed by atoms with Gasteiger partial charge in [0, 0.05) is 6.04 Å². The number of hydrogen-bond acceptors (Lipinski definition) is 2. The van der Waals surface area contributed by atoms with Crippen LogP contribution in [0, 0.1) is 0 Å². The third-order valence-corrected chi connectivity index (χ3v) is 3.42. The van der Waals surface area contributed by atoms with Crippen molar-refractivity contribution in [2.75, 3.05) is 6.54 Å². The molecule has 2 nitrogen and oxygen atoms in total. The topological polar surface area (TPSA) is 21.3 Å². The highest BCUT2D eigenvalue weighted by molar-refractivity contribution is 5.33. The Balaban J connectivity index is 2.57. The van der Waals surface area contributed by atoms with Gasteiger partial charge in [0.2, 0.25) is 0 Å². The Morgan fingerprint density at radius 1 is 1.05 bits per heavy atom. The molecule has 1 N–H and O–H groups in total. The molecule has 0 saturated heterocycles. The Morgan fingerprint density at radius 2 is 1.80 bits per heavy atom. The minimum Gasteiger partial charge on any atom is -0.491 e. The Kier molecular flexibility index (Phi) is 8.36. The molecular weight excluding hydrogens is 246 g/mol. The number of hydrogen-bond donors (Lipinski definition) is 1.